The second-order valence-electron chi connectivity index (χ2n) is 5.85. The fraction of sp³-hybridized carbons (Fsp3) is 0.923. The molecule has 0 aromatic rings. The van der Waals surface area contributed by atoms with Crippen molar-refractivity contribution in [1.82, 2.24) is 9.80 Å². The largest absolute Gasteiger partial charge is 0.389 e. The molecule has 0 radical (unpaired) electrons. The highest BCUT2D eigenvalue weighted by Crippen LogP contribution is 2.11. The van der Waals surface area contributed by atoms with Gasteiger partial charge in [-0.2, -0.15) is 0 Å². The van der Waals surface area contributed by atoms with Crippen molar-refractivity contribution in [2.45, 2.75) is 25.6 Å². The first-order valence-electron chi connectivity index (χ1n) is 6.88. The number of carbonyl (C=O) groups is 1. The predicted molar refractivity (Wildman–Crippen MR) is 69.9 cm³/mol. The molecule has 2 saturated heterocycles. The van der Waals surface area contributed by atoms with Gasteiger partial charge in [0, 0.05) is 32.7 Å². The van der Waals surface area contributed by atoms with Gasteiger partial charge in [0.1, 0.15) is 0 Å². The number of hydrogen-bond donors (Lipinski definition) is 1. The molecule has 110 valence electrons. The van der Waals surface area contributed by atoms with E-state index < -0.39 is 11.7 Å². The number of amides is 1. The van der Waals surface area contributed by atoms with E-state index >= 15 is 0 Å². The van der Waals surface area contributed by atoms with Crippen LogP contribution in [0, 0.1) is 0 Å². The Morgan fingerprint density at radius 3 is 2.47 bits per heavy atom. The van der Waals surface area contributed by atoms with Gasteiger partial charge in [-0.05, 0) is 13.8 Å². The van der Waals surface area contributed by atoms with E-state index in [9.17, 15) is 9.90 Å². The molecule has 2 aliphatic heterocycles. The zero-order chi connectivity index (χ0) is 13.9. The molecule has 2 rings (SSSR count). The number of rotatable bonds is 3. The molecular weight excluding hydrogens is 248 g/mol. The van der Waals surface area contributed by atoms with Gasteiger partial charge in [0.05, 0.1) is 25.4 Å². The third-order valence-corrected chi connectivity index (χ3v) is 3.39. The lowest BCUT2D eigenvalue weighted by Crippen LogP contribution is -2.55. The summed E-state index contributed by atoms with van der Waals surface area (Å²) in [6, 6.07) is 0. The summed E-state index contributed by atoms with van der Waals surface area (Å²) in [5.74, 6) is 0.0302. The number of β-amino-alcohol motifs (C(OH)–C–C–N with tert-alkyl or cyclic N) is 1. The fourth-order valence-electron chi connectivity index (χ4n) is 2.51. The Balaban J connectivity index is 1.77. The van der Waals surface area contributed by atoms with Crippen LogP contribution in [0.5, 0.6) is 0 Å². The van der Waals surface area contributed by atoms with Crippen LogP contribution in [0.25, 0.3) is 0 Å². The van der Waals surface area contributed by atoms with Crippen molar-refractivity contribution in [3.05, 3.63) is 0 Å². The van der Waals surface area contributed by atoms with Crippen LogP contribution >= 0.6 is 0 Å². The average Bonchev–Trinajstić information content (AvgIpc) is 2.38. The van der Waals surface area contributed by atoms with Crippen molar-refractivity contribution in [2.24, 2.45) is 0 Å². The molecule has 0 aliphatic carbocycles. The molecule has 1 N–H and O–H groups in total. The van der Waals surface area contributed by atoms with E-state index in [0.29, 0.717) is 39.5 Å². The summed E-state index contributed by atoms with van der Waals surface area (Å²) in [4.78, 5) is 16.2. The molecule has 2 heterocycles. The molecule has 2 aliphatic rings. The molecule has 0 saturated carbocycles. The van der Waals surface area contributed by atoms with Crippen molar-refractivity contribution in [3.8, 4) is 0 Å². The molecule has 6 nitrogen and oxygen atoms in total. The van der Waals surface area contributed by atoms with Gasteiger partial charge >= 0.3 is 0 Å². The van der Waals surface area contributed by atoms with Crippen molar-refractivity contribution < 1.29 is 19.4 Å². The number of nitrogens with zero attached hydrogens (tertiary/aromatic N) is 2. The normalized spacial score (nSPS) is 26.5. The Morgan fingerprint density at radius 2 is 1.95 bits per heavy atom. The molecule has 1 atom stereocenters. The number of aliphatic hydroxyl groups is 1. The number of carbonyl (C=O) groups excluding carboxylic acids is 1. The van der Waals surface area contributed by atoms with Crippen LogP contribution in [0.3, 0.4) is 0 Å². The van der Waals surface area contributed by atoms with Gasteiger partial charge < -0.3 is 19.5 Å². The van der Waals surface area contributed by atoms with Gasteiger partial charge in [-0.15, -0.1) is 0 Å². The highest BCUT2D eigenvalue weighted by molar-refractivity contribution is 5.81. The standard InChI is InChI=1S/C13H24N2O4/c1-13(2,17)10-14-3-5-15(6-4-14)12(16)11-9-18-7-8-19-11/h11,17H,3-10H2,1-2H3. The van der Waals surface area contributed by atoms with E-state index in [1.54, 1.807) is 13.8 Å². The van der Waals surface area contributed by atoms with Gasteiger partial charge in [-0.25, -0.2) is 0 Å². The third-order valence-electron chi connectivity index (χ3n) is 3.39. The van der Waals surface area contributed by atoms with E-state index in [0.717, 1.165) is 13.1 Å². The van der Waals surface area contributed by atoms with Gasteiger partial charge in [0.15, 0.2) is 6.10 Å². The van der Waals surface area contributed by atoms with E-state index in [-0.39, 0.29) is 5.91 Å². The van der Waals surface area contributed by atoms with Crippen LogP contribution in [0.4, 0.5) is 0 Å². The van der Waals surface area contributed by atoms with Gasteiger partial charge in [-0.1, -0.05) is 0 Å². The minimum absolute atomic E-state index is 0.0302. The molecule has 0 spiro atoms. The summed E-state index contributed by atoms with van der Waals surface area (Å²) in [7, 11) is 0. The van der Waals surface area contributed by atoms with Crippen LogP contribution in [-0.2, 0) is 14.3 Å². The maximum atomic E-state index is 12.2. The summed E-state index contributed by atoms with van der Waals surface area (Å²) in [6.07, 6.45) is -0.436. The Morgan fingerprint density at radius 1 is 1.26 bits per heavy atom. The fourth-order valence-corrected chi connectivity index (χ4v) is 2.51. The second-order valence-corrected chi connectivity index (χ2v) is 5.85. The van der Waals surface area contributed by atoms with Crippen LogP contribution in [0.2, 0.25) is 0 Å². The van der Waals surface area contributed by atoms with E-state index in [2.05, 4.69) is 4.90 Å². The smallest absolute Gasteiger partial charge is 0.254 e. The highest BCUT2D eigenvalue weighted by Gasteiger charge is 2.30. The van der Waals surface area contributed by atoms with Crippen molar-refractivity contribution >= 4 is 5.91 Å². The Hall–Kier alpha value is -0.690. The topological polar surface area (TPSA) is 62.2 Å². The number of piperazine rings is 1. The quantitative estimate of drug-likeness (QED) is 0.737. The zero-order valence-corrected chi connectivity index (χ0v) is 11.8. The van der Waals surface area contributed by atoms with Crippen LogP contribution in [0.1, 0.15) is 13.8 Å². The second kappa shape index (κ2) is 6.17. The van der Waals surface area contributed by atoms with E-state index in [1.807, 2.05) is 4.90 Å². The average molecular weight is 272 g/mol. The molecule has 1 unspecified atom stereocenters. The van der Waals surface area contributed by atoms with E-state index in [1.165, 1.54) is 0 Å². The summed E-state index contributed by atoms with van der Waals surface area (Å²) < 4.78 is 10.7. The van der Waals surface area contributed by atoms with E-state index in [4.69, 9.17) is 9.47 Å². The summed E-state index contributed by atoms with van der Waals surface area (Å²) >= 11 is 0. The van der Waals surface area contributed by atoms with Crippen LogP contribution < -0.4 is 0 Å². The lowest BCUT2D eigenvalue weighted by atomic mass is 10.1. The summed E-state index contributed by atoms with van der Waals surface area (Å²) in [6.45, 7) is 8.64. The summed E-state index contributed by atoms with van der Waals surface area (Å²) in [5.41, 5.74) is -0.688. The van der Waals surface area contributed by atoms with Gasteiger partial charge in [0.2, 0.25) is 0 Å². The molecule has 2 fully saturated rings. The molecule has 0 aromatic heterocycles. The minimum atomic E-state index is -0.688. The Kier molecular flexibility index (Phi) is 4.78. The Labute approximate surface area is 114 Å². The number of hydrogen-bond acceptors (Lipinski definition) is 5. The monoisotopic (exact) mass is 272 g/mol. The maximum absolute atomic E-state index is 12.2. The molecule has 6 heteroatoms. The maximum Gasteiger partial charge on any atom is 0.254 e. The molecular formula is C13H24N2O4. The first kappa shape index (κ1) is 14.7. The van der Waals surface area contributed by atoms with Gasteiger partial charge in [0.25, 0.3) is 5.91 Å². The Bertz CT molecular complexity index is 302. The van der Waals surface area contributed by atoms with Crippen LogP contribution in [0.15, 0.2) is 0 Å². The molecule has 19 heavy (non-hydrogen) atoms. The first-order chi connectivity index (χ1) is 8.96. The van der Waals surface area contributed by atoms with Crippen molar-refractivity contribution in [2.75, 3.05) is 52.5 Å². The lowest BCUT2D eigenvalue weighted by molar-refractivity contribution is -0.159. The predicted octanol–water partition coefficient (Wildman–Crippen LogP) is -0.683. The molecule has 0 aromatic carbocycles. The third kappa shape index (κ3) is 4.42. The zero-order valence-electron chi connectivity index (χ0n) is 11.8. The first-order valence-corrected chi connectivity index (χ1v) is 6.88. The highest BCUT2D eigenvalue weighted by atomic mass is 16.6. The van der Waals surface area contributed by atoms with Crippen molar-refractivity contribution in [3.63, 3.8) is 0 Å². The van der Waals surface area contributed by atoms with Gasteiger partial charge in [-0.3, -0.25) is 9.69 Å². The lowest BCUT2D eigenvalue weighted by Gasteiger charge is -2.38. The van der Waals surface area contributed by atoms with Crippen LogP contribution in [-0.4, -0.2) is 85.1 Å². The number of ether oxygens (including phenoxy) is 2. The molecule has 1 amide bonds. The van der Waals surface area contributed by atoms with Crippen molar-refractivity contribution in [1.29, 1.82) is 0 Å². The summed E-state index contributed by atoms with van der Waals surface area (Å²) in [5, 5.41) is 9.79. The minimum Gasteiger partial charge on any atom is -0.389 e. The molecule has 0 bridgehead atoms. The SMILES string of the molecule is CC(C)(O)CN1CCN(C(=O)C2COCCO2)CC1.